The summed E-state index contributed by atoms with van der Waals surface area (Å²) in [5.74, 6) is -0.783. The minimum Gasteiger partial charge on any atom is -0.272 e. The number of benzene rings is 1. The number of nitrogens with zero attached hydrogens (tertiary/aromatic N) is 6. The highest BCUT2D eigenvalue weighted by Crippen LogP contribution is 2.46. The van der Waals surface area contributed by atoms with Gasteiger partial charge < -0.3 is 0 Å². The van der Waals surface area contributed by atoms with Gasteiger partial charge in [0.25, 0.3) is 5.56 Å². The SMILES string of the molecule is CCS(=O)(=O)c1c(-n2ncc3ccc(C(F)(F)F)cc3c2=O)nc2nc(C3(C#N)CC3)ccn12. The summed E-state index contributed by atoms with van der Waals surface area (Å²) in [5.41, 5.74) is -2.32. The second-order valence-electron chi connectivity index (χ2n) is 7.98. The quantitative estimate of drug-likeness (QED) is 0.433. The summed E-state index contributed by atoms with van der Waals surface area (Å²) in [6, 6.07) is 6.37. The molecule has 3 heterocycles. The Morgan fingerprint density at radius 1 is 1.21 bits per heavy atom. The van der Waals surface area contributed by atoms with Crippen LogP contribution < -0.4 is 5.56 Å². The zero-order valence-corrected chi connectivity index (χ0v) is 18.4. The van der Waals surface area contributed by atoms with Crippen molar-refractivity contribution in [2.75, 3.05) is 5.75 Å². The molecule has 0 atom stereocenters. The van der Waals surface area contributed by atoms with Crippen LogP contribution in [-0.4, -0.2) is 38.3 Å². The molecule has 0 aliphatic heterocycles. The lowest BCUT2D eigenvalue weighted by atomic mass is 10.1. The molecule has 1 fully saturated rings. The fraction of sp³-hybridized carbons (Fsp3) is 0.286. The van der Waals surface area contributed by atoms with Crippen LogP contribution in [0.3, 0.4) is 0 Å². The molecular formula is C21H15F3N6O3S. The van der Waals surface area contributed by atoms with Crippen LogP contribution in [0.2, 0.25) is 0 Å². The number of fused-ring (bicyclic) bond motifs is 2. The number of aromatic nitrogens is 5. The number of hydrogen-bond donors (Lipinski definition) is 0. The standard InChI is InChI=1S/C21H15F3N6O3S/c1-2-34(32,33)18-16(28-19-27-15(5-8-29(18)19)20(11-25)6-7-20)30-17(31)14-9-13(21(22,23)24)4-3-12(14)10-26-30/h3-5,8-10H,2,6-7H2,1H3. The monoisotopic (exact) mass is 488 g/mol. The molecule has 0 spiro atoms. The lowest BCUT2D eigenvalue weighted by Gasteiger charge is -2.09. The van der Waals surface area contributed by atoms with E-state index in [2.05, 4.69) is 21.1 Å². The first-order valence-corrected chi connectivity index (χ1v) is 11.8. The second kappa shape index (κ2) is 7.10. The van der Waals surface area contributed by atoms with E-state index in [1.54, 1.807) is 0 Å². The van der Waals surface area contributed by atoms with Crippen molar-refractivity contribution in [3.8, 4) is 11.9 Å². The number of nitriles is 1. The molecule has 0 amide bonds. The third-order valence-corrected chi connectivity index (χ3v) is 7.61. The smallest absolute Gasteiger partial charge is 0.272 e. The van der Waals surface area contributed by atoms with Gasteiger partial charge in [0.2, 0.25) is 5.78 Å². The molecule has 3 aromatic heterocycles. The molecule has 1 aromatic carbocycles. The summed E-state index contributed by atoms with van der Waals surface area (Å²) in [7, 11) is -3.98. The maximum Gasteiger partial charge on any atom is 0.416 e. The van der Waals surface area contributed by atoms with Gasteiger partial charge in [-0.1, -0.05) is 13.0 Å². The van der Waals surface area contributed by atoms with E-state index in [1.807, 2.05) is 0 Å². The van der Waals surface area contributed by atoms with E-state index in [0.29, 0.717) is 29.3 Å². The predicted octanol–water partition coefficient (Wildman–Crippen LogP) is 2.80. The van der Waals surface area contributed by atoms with Crippen molar-refractivity contribution >= 4 is 26.4 Å². The number of alkyl halides is 3. The van der Waals surface area contributed by atoms with Gasteiger partial charge in [-0.2, -0.15) is 33.2 Å². The lowest BCUT2D eigenvalue weighted by Crippen LogP contribution is -2.24. The van der Waals surface area contributed by atoms with Gasteiger partial charge in [0.15, 0.2) is 20.7 Å². The summed E-state index contributed by atoms with van der Waals surface area (Å²) in [6.07, 6.45) is -0.894. The summed E-state index contributed by atoms with van der Waals surface area (Å²) in [5, 5.41) is 12.9. The molecule has 9 nitrogen and oxygen atoms in total. The van der Waals surface area contributed by atoms with Gasteiger partial charge in [0, 0.05) is 11.6 Å². The number of imidazole rings is 1. The van der Waals surface area contributed by atoms with Crippen LogP contribution in [0.1, 0.15) is 31.0 Å². The molecule has 1 aliphatic carbocycles. The Morgan fingerprint density at radius 2 is 1.94 bits per heavy atom. The summed E-state index contributed by atoms with van der Waals surface area (Å²) in [6.45, 7) is 1.40. The molecule has 13 heteroatoms. The van der Waals surface area contributed by atoms with Gasteiger partial charge in [0.05, 0.1) is 40.1 Å². The average Bonchev–Trinajstić information content (AvgIpc) is 3.51. The van der Waals surface area contributed by atoms with Crippen molar-refractivity contribution in [3.63, 3.8) is 0 Å². The highest BCUT2D eigenvalue weighted by molar-refractivity contribution is 7.91. The second-order valence-corrected chi connectivity index (χ2v) is 10.2. The topological polar surface area (TPSA) is 123 Å². The molecule has 1 aliphatic rings. The Labute approximate surface area is 190 Å². The molecule has 0 saturated heterocycles. The van der Waals surface area contributed by atoms with Crippen molar-refractivity contribution in [2.24, 2.45) is 0 Å². The fourth-order valence-electron chi connectivity index (χ4n) is 3.75. The molecule has 0 bridgehead atoms. The molecular weight excluding hydrogens is 473 g/mol. The van der Waals surface area contributed by atoms with Crippen molar-refractivity contribution < 1.29 is 21.6 Å². The fourth-order valence-corrected chi connectivity index (χ4v) is 4.87. The van der Waals surface area contributed by atoms with E-state index < -0.39 is 32.6 Å². The van der Waals surface area contributed by atoms with E-state index in [0.717, 1.165) is 18.3 Å². The van der Waals surface area contributed by atoms with Crippen molar-refractivity contribution in [1.82, 2.24) is 24.1 Å². The maximum absolute atomic E-state index is 13.2. The van der Waals surface area contributed by atoms with Crippen LogP contribution in [0.25, 0.3) is 22.4 Å². The minimum absolute atomic E-state index is 0.0705. The average molecular weight is 488 g/mol. The summed E-state index contributed by atoms with van der Waals surface area (Å²) >= 11 is 0. The molecule has 34 heavy (non-hydrogen) atoms. The highest BCUT2D eigenvalue weighted by atomic mass is 32.2. The van der Waals surface area contributed by atoms with Crippen molar-refractivity contribution in [2.45, 2.75) is 36.4 Å². The lowest BCUT2D eigenvalue weighted by molar-refractivity contribution is -0.137. The van der Waals surface area contributed by atoms with Crippen molar-refractivity contribution in [1.29, 1.82) is 5.26 Å². The first kappa shape index (κ1) is 22.0. The zero-order valence-electron chi connectivity index (χ0n) is 17.5. The van der Waals surface area contributed by atoms with E-state index in [-0.39, 0.29) is 33.1 Å². The number of sulfone groups is 1. The number of hydrogen-bond acceptors (Lipinski definition) is 7. The first-order chi connectivity index (χ1) is 16.0. The normalized spacial score (nSPS) is 15.5. The van der Waals surface area contributed by atoms with Gasteiger partial charge in [-0.3, -0.25) is 9.20 Å². The Bertz CT molecular complexity index is 1700. The Kier molecular flexibility index (Phi) is 4.60. The number of rotatable bonds is 4. The Morgan fingerprint density at radius 3 is 2.56 bits per heavy atom. The molecule has 5 rings (SSSR count). The predicted molar refractivity (Wildman–Crippen MR) is 113 cm³/mol. The molecule has 0 radical (unpaired) electrons. The molecule has 0 N–H and O–H groups in total. The van der Waals surface area contributed by atoms with Gasteiger partial charge in [-0.25, -0.2) is 13.4 Å². The Balaban J connectivity index is 1.81. The van der Waals surface area contributed by atoms with E-state index in [9.17, 15) is 31.6 Å². The Hall–Kier alpha value is -3.79. The highest BCUT2D eigenvalue weighted by Gasteiger charge is 2.46. The third kappa shape index (κ3) is 3.25. The zero-order chi connectivity index (χ0) is 24.5. The maximum atomic E-state index is 13.2. The van der Waals surface area contributed by atoms with Crippen LogP contribution in [0, 0.1) is 11.3 Å². The van der Waals surface area contributed by atoms with Crippen LogP contribution >= 0.6 is 0 Å². The summed E-state index contributed by atoms with van der Waals surface area (Å²) in [4.78, 5) is 21.7. The first-order valence-electron chi connectivity index (χ1n) is 10.1. The van der Waals surface area contributed by atoms with E-state index in [4.69, 9.17) is 0 Å². The van der Waals surface area contributed by atoms with Gasteiger partial charge in [0.1, 0.15) is 0 Å². The molecule has 174 valence electrons. The summed E-state index contributed by atoms with van der Waals surface area (Å²) < 4.78 is 67.3. The van der Waals surface area contributed by atoms with Crippen LogP contribution in [0.15, 0.2) is 46.5 Å². The molecule has 1 saturated carbocycles. The van der Waals surface area contributed by atoms with E-state index >= 15 is 0 Å². The van der Waals surface area contributed by atoms with Gasteiger partial charge in [-0.15, -0.1) is 0 Å². The van der Waals surface area contributed by atoms with Crippen LogP contribution in [0.5, 0.6) is 0 Å². The van der Waals surface area contributed by atoms with E-state index in [1.165, 1.54) is 23.6 Å². The largest absolute Gasteiger partial charge is 0.416 e. The van der Waals surface area contributed by atoms with Crippen molar-refractivity contribution in [3.05, 3.63) is 58.3 Å². The van der Waals surface area contributed by atoms with Gasteiger partial charge >= 0.3 is 6.18 Å². The van der Waals surface area contributed by atoms with Crippen LogP contribution in [0.4, 0.5) is 13.2 Å². The third-order valence-electron chi connectivity index (χ3n) is 5.88. The number of halogens is 3. The molecule has 0 unspecified atom stereocenters. The van der Waals surface area contributed by atoms with Crippen LogP contribution in [-0.2, 0) is 21.4 Å². The minimum atomic E-state index is -4.67. The van der Waals surface area contributed by atoms with Gasteiger partial charge in [-0.05, 0) is 31.0 Å². The molecule has 4 aromatic rings.